The van der Waals surface area contributed by atoms with E-state index in [2.05, 4.69) is 4.74 Å². The SMILES string of the molecule is Cn1c(=O)c(C(N)=O)c(N2CCC(Oc3ccc(OC(F)(F)F)cc3)CC2)c2ccccc21. The summed E-state index contributed by atoms with van der Waals surface area (Å²) in [6, 6.07) is 12.6. The first-order valence-corrected chi connectivity index (χ1v) is 10.3. The molecule has 2 N–H and O–H groups in total. The molecule has 174 valence electrons. The Bertz CT molecular complexity index is 1230. The molecule has 0 atom stereocenters. The van der Waals surface area contributed by atoms with Crippen LogP contribution in [0, 0.1) is 0 Å². The third-order valence-corrected chi connectivity index (χ3v) is 5.64. The normalized spacial score (nSPS) is 15.0. The van der Waals surface area contributed by atoms with Crippen molar-refractivity contribution in [1.29, 1.82) is 0 Å². The molecule has 1 amide bonds. The summed E-state index contributed by atoms with van der Waals surface area (Å²) in [7, 11) is 1.60. The van der Waals surface area contributed by atoms with E-state index in [0.29, 0.717) is 42.9 Å². The average molecular weight is 461 g/mol. The van der Waals surface area contributed by atoms with Crippen molar-refractivity contribution in [2.45, 2.75) is 25.3 Å². The van der Waals surface area contributed by atoms with Crippen LogP contribution in [-0.4, -0.2) is 36.0 Å². The predicted molar refractivity (Wildman–Crippen MR) is 117 cm³/mol. The van der Waals surface area contributed by atoms with Gasteiger partial charge in [0, 0.05) is 38.4 Å². The molecule has 0 aliphatic carbocycles. The molecule has 0 spiro atoms. The number of aryl methyl sites for hydroxylation is 1. The van der Waals surface area contributed by atoms with Crippen LogP contribution in [0.5, 0.6) is 11.5 Å². The number of alkyl halides is 3. The molecule has 1 saturated heterocycles. The lowest BCUT2D eigenvalue weighted by atomic mass is 10.0. The lowest BCUT2D eigenvalue weighted by Gasteiger charge is -2.35. The van der Waals surface area contributed by atoms with Crippen molar-refractivity contribution < 1.29 is 27.4 Å². The van der Waals surface area contributed by atoms with Gasteiger partial charge in [-0.15, -0.1) is 13.2 Å². The Balaban J connectivity index is 1.52. The van der Waals surface area contributed by atoms with Gasteiger partial charge in [-0.25, -0.2) is 0 Å². The third-order valence-electron chi connectivity index (χ3n) is 5.64. The number of carbonyl (C=O) groups excluding carboxylic acids is 1. The van der Waals surface area contributed by atoms with E-state index in [1.807, 2.05) is 29.2 Å². The number of nitrogens with two attached hydrogens (primary N) is 1. The van der Waals surface area contributed by atoms with E-state index in [1.165, 1.54) is 28.8 Å². The van der Waals surface area contributed by atoms with Crippen molar-refractivity contribution in [2.24, 2.45) is 12.8 Å². The van der Waals surface area contributed by atoms with Crippen LogP contribution in [0.25, 0.3) is 10.9 Å². The first-order chi connectivity index (χ1) is 15.6. The summed E-state index contributed by atoms with van der Waals surface area (Å²) in [5.74, 6) is -0.670. The average Bonchev–Trinajstić information content (AvgIpc) is 2.77. The number of anilines is 1. The Kier molecular flexibility index (Phi) is 5.92. The largest absolute Gasteiger partial charge is 0.573 e. The molecule has 0 saturated carbocycles. The van der Waals surface area contributed by atoms with E-state index in [4.69, 9.17) is 10.5 Å². The number of amides is 1. The number of nitrogens with zero attached hydrogens (tertiary/aromatic N) is 2. The van der Waals surface area contributed by atoms with Crippen LogP contribution in [0.15, 0.2) is 53.3 Å². The number of rotatable bonds is 5. The fourth-order valence-electron chi connectivity index (χ4n) is 4.14. The van der Waals surface area contributed by atoms with Gasteiger partial charge in [0.15, 0.2) is 0 Å². The molecule has 7 nitrogen and oxygen atoms in total. The molecular weight excluding hydrogens is 439 g/mol. The van der Waals surface area contributed by atoms with Crippen LogP contribution in [0.4, 0.5) is 18.9 Å². The minimum Gasteiger partial charge on any atom is -0.490 e. The molecule has 4 rings (SSSR count). The lowest BCUT2D eigenvalue weighted by molar-refractivity contribution is -0.274. The highest BCUT2D eigenvalue weighted by molar-refractivity contribution is 6.06. The van der Waals surface area contributed by atoms with E-state index in [0.717, 1.165) is 5.39 Å². The number of hydrogen-bond donors (Lipinski definition) is 1. The molecular formula is C23H22F3N3O4. The molecule has 1 aliphatic heterocycles. The highest BCUT2D eigenvalue weighted by Gasteiger charge is 2.31. The number of benzene rings is 2. The second-order valence-corrected chi connectivity index (χ2v) is 7.79. The number of carbonyl (C=O) groups is 1. The Morgan fingerprint density at radius 3 is 2.24 bits per heavy atom. The fraction of sp³-hybridized carbons (Fsp3) is 0.304. The molecule has 0 bridgehead atoms. The zero-order valence-corrected chi connectivity index (χ0v) is 17.8. The monoisotopic (exact) mass is 461 g/mol. The second-order valence-electron chi connectivity index (χ2n) is 7.79. The standard InChI is InChI=1S/C23H22F3N3O4/c1-28-18-5-3-2-4-17(18)20(19(21(27)30)22(28)31)29-12-10-15(11-13-29)32-14-6-8-16(9-7-14)33-23(24,25)26/h2-9,15H,10-13H2,1H3,(H2,27,30). The van der Waals surface area contributed by atoms with Crippen LogP contribution in [0.3, 0.4) is 0 Å². The Morgan fingerprint density at radius 1 is 1.03 bits per heavy atom. The summed E-state index contributed by atoms with van der Waals surface area (Å²) in [4.78, 5) is 27.0. The van der Waals surface area contributed by atoms with Crippen molar-refractivity contribution in [3.8, 4) is 11.5 Å². The summed E-state index contributed by atoms with van der Waals surface area (Å²) >= 11 is 0. The van der Waals surface area contributed by atoms with Crippen LogP contribution < -0.4 is 25.7 Å². The van der Waals surface area contributed by atoms with E-state index < -0.39 is 17.8 Å². The van der Waals surface area contributed by atoms with Gasteiger partial charge < -0.3 is 24.7 Å². The van der Waals surface area contributed by atoms with Crippen molar-refractivity contribution in [1.82, 2.24) is 4.57 Å². The third kappa shape index (κ3) is 4.74. The number of aromatic nitrogens is 1. The van der Waals surface area contributed by atoms with Crippen LogP contribution in [-0.2, 0) is 7.05 Å². The molecule has 0 radical (unpaired) electrons. The van der Waals surface area contributed by atoms with Gasteiger partial charge in [-0.2, -0.15) is 0 Å². The van der Waals surface area contributed by atoms with Gasteiger partial charge in [-0.1, -0.05) is 18.2 Å². The zero-order valence-electron chi connectivity index (χ0n) is 17.8. The minimum atomic E-state index is -4.75. The predicted octanol–water partition coefficient (Wildman–Crippen LogP) is 3.58. The maximum Gasteiger partial charge on any atom is 0.573 e. The molecule has 0 unspecified atom stereocenters. The number of hydrogen-bond acceptors (Lipinski definition) is 5. The maximum absolute atomic E-state index is 12.8. The number of piperidine rings is 1. The van der Waals surface area contributed by atoms with Crippen molar-refractivity contribution >= 4 is 22.5 Å². The van der Waals surface area contributed by atoms with Crippen molar-refractivity contribution in [3.05, 3.63) is 64.4 Å². The van der Waals surface area contributed by atoms with Gasteiger partial charge in [-0.05, 0) is 30.3 Å². The number of primary amides is 1. The fourth-order valence-corrected chi connectivity index (χ4v) is 4.14. The van der Waals surface area contributed by atoms with E-state index in [9.17, 15) is 22.8 Å². The number of para-hydroxylation sites is 1. The summed E-state index contributed by atoms with van der Waals surface area (Å²) < 4.78 is 48.1. The summed E-state index contributed by atoms with van der Waals surface area (Å²) in [6.07, 6.45) is -3.75. The van der Waals surface area contributed by atoms with Gasteiger partial charge in [-0.3, -0.25) is 9.59 Å². The lowest BCUT2D eigenvalue weighted by Crippen LogP contribution is -2.41. The molecule has 10 heteroatoms. The van der Waals surface area contributed by atoms with Crippen LogP contribution in [0.1, 0.15) is 23.2 Å². The number of ether oxygens (including phenoxy) is 2. The van der Waals surface area contributed by atoms with E-state index in [1.54, 1.807) is 7.05 Å². The molecule has 1 aromatic heterocycles. The molecule has 3 aromatic rings. The number of pyridine rings is 1. The van der Waals surface area contributed by atoms with Gasteiger partial charge in [0.25, 0.3) is 11.5 Å². The Morgan fingerprint density at radius 2 is 1.64 bits per heavy atom. The summed E-state index contributed by atoms with van der Waals surface area (Å²) in [6.45, 7) is 1.02. The second kappa shape index (κ2) is 8.68. The number of fused-ring (bicyclic) bond motifs is 1. The van der Waals surface area contributed by atoms with E-state index in [-0.39, 0.29) is 17.4 Å². The van der Waals surface area contributed by atoms with E-state index >= 15 is 0 Å². The summed E-state index contributed by atoms with van der Waals surface area (Å²) in [5.41, 5.74) is 6.30. The van der Waals surface area contributed by atoms with Crippen molar-refractivity contribution in [2.75, 3.05) is 18.0 Å². The molecule has 1 fully saturated rings. The quantitative estimate of drug-likeness (QED) is 0.628. The Labute approximate surface area is 187 Å². The summed E-state index contributed by atoms with van der Waals surface area (Å²) in [5, 5.41) is 0.757. The highest BCUT2D eigenvalue weighted by Crippen LogP contribution is 2.32. The van der Waals surface area contributed by atoms with Gasteiger partial charge >= 0.3 is 6.36 Å². The molecule has 1 aliphatic rings. The molecule has 33 heavy (non-hydrogen) atoms. The Hall–Kier alpha value is -3.69. The zero-order chi connectivity index (χ0) is 23.8. The highest BCUT2D eigenvalue weighted by atomic mass is 19.4. The topological polar surface area (TPSA) is 86.8 Å². The van der Waals surface area contributed by atoms with Crippen molar-refractivity contribution in [3.63, 3.8) is 0 Å². The van der Waals surface area contributed by atoms with Crippen LogP contribution in [0.2, 0.25) is 0 Å². The van der Waals surface area contributed by atoms with Gasteiger partial charge in [0.1, 0.15) is 23.2 Å². The number of halogens is 3. The van der Waals surface area contributed by atoms with Crippen LogP contribution >= 0.6 is 0 Å². The molecule has 2 aromatic carbocycles. The first kappa shape index (κ1) is 22.5. The minimum absolute atomic E-state index is 0.0455. The molecule has 2 heterocycles. The smallest absolute Gasteiger partial charge is 0.490 e. The van der Waals surface area contributed by atoms with Gasteiger partial charge in [0.05, 0.1) is 11.2 Å². The maximum atomic E-state index is 12.8. The van der Waals surface area contributed by atoms with Gasteiger partial charge in [0.2, 0.25) is 0 Å². The first-order valence-electron chi connectivity index (χ1n) is 10.3.